The number of nitrogens with zero attached hydrogens (tertiary/aromatic N) is 3. The van der Waals surface area contributed by atoms with E-state index in [0.29, 0.717) is 17.4 Å². The molecule has 0 unspecified atom stereocenters. The van der Waals surface area contributed by atoms with Gasteiger partial charge in [0.1, 0.15) is 5.69 Å². The van der Waals surface area contributed by atoms with Crippen LogP contribution in [0.3, 0.4) is 0 Å². The zero-order valence-electron chi connectivity index (χ0n) is 12.2. The predicted molar refractivity (Wildman–Crippen MR) is 87.2 cm³/mol. The van der Waals surface area contributed by atoms with Crippen LogP contribution in [0.2, 0.25) is 0 Å². The Kier molecular flexibility index (Phi) is 4.29. The van der Waals surface area contributed by atoms with Crippen LogP contribution in [-0.2, 0) is 13.0 Å². The lowest BCUT2D eigenvalue weighted by Crippen LogP contribution is -2.17. The molecule has 6 heteroatoms. The molecule has 0 aliphatic rings. The van der Waals surface area contributed by atoms with E-state index in [9.17, 15) is 4.79 Å². The molecule has 22 heavy (non-hydrogen) atoms. The highest BCUT2D eigenvalue weighted by Gasteiger charge is 2.13. The van der Waals surface area contributed by atoms with Gasteiger partial charge in [0.15, 0.2) is 5.13 Å². The average Bonchev–Trinajstić information content (AvgIpc) is 3.17. The zero-order chi connectivity index (χ0) is 15.4. The number of anilines is 1. The summed E-state index contributed by atoms with van der Waals surface area (Å²) in [5.41, 5.74) is 1.72. The number of carbonyl (C=O) groups is 1. The maximum Gasteiger partial charge on any atom is 0.274 e. The third-order valence-corrected chi connectivity index (χ3v) is 4.34. The first-order chi connectivity index (χ1) is 10.8. The Morgan fingerprint density at radius 3 is 2.86 bits per heavy atom. The molecular weight excluding hydrogens is 296 g/mol. The Bertz CT molecular complexity index is 763. The maximum atomic E-state index is 12.4. The first kappa shape index (κ1) is 14.5. The van der Waals surface area contributed by atoms with Gasteiger partial charge < -0.3 is 4.57 Å². The number of aromatic nitrogens is 3. The minimum Gasteiger partial charge on any atom is -0.339 e. The second kappa shape index (κ2) is 6.53. The molecule has 0 atom stereocenters. The van der Waals surface area contributed by atoms with Gasteiger partial charge in [-0.15, -0.1) is 11.3 Å². The van der Waals surface area contributed by atoms with Gasteiger partial charge in [0.2, 0.25) is 0 Å². The normalized spacial score (nSPS) is 10.6. The lowest BCUT2D eigenvalue weighted by molar-refractivity contribution is 0.101. The number of hydrogen-bond acceptors (Lipinski definition) is 4. The molecule has 0 fully saturated rings. The van der Waals surface area contributed by atoms with Gasteiger partial charge in [0.05, 0.1) is 0 Å². The lowest BCUT2D eigenvalue weighted by Gasteiger charge is -2.08. The second-order valence-corrected chi connectivity index (χ2v) is 5.93. The number of nitrogens with one attached hydrogen (secondary N) is 1. The van der Waals surface area contributed by atoms with Gasteiger partial charge in [0.25, 0.3) is 5.91 Å². The third-order valence-electron chi connectivity index (χ3n) is 3.29. The van der Waals surface area contributed by atoms with Crippen molar-refractivity contribution in [3.05, 3.63) is 65.2 Å². The van der Waals surface area contributed by atoms with Crippen molar-refractivity contribution in [2.45, 2.75) is 19.9 Å². The van der Waals surface area contributed by atoms with Crippen molar-refractivity contribution in [2.24, 2.45) is 0 Å². The summed E-state index contributed by atoms with van der Waals surface area (Å²) in [5.74, 6) is -0.143. The maximum absolute atomic E-state index is 12.4. The average molecular weight is 312 g/mol. The highest BCUT2D eigenvalue weighted by molar-refractivity contribution is 7.15. The van der Waals surface area contributed by atoms with E-state index in [2.05, 4.69) is 22.2 Å². The van der Waals surface area contributed by atoms with Gasteiger partial charge in [-0.05, 0) is 36.2 Å². The Balaban J connectivity index is 1.74. The molecule has 0 aliphatic heterocycles. The van der Waals surface area contributed by atoms with Crippen molar-refractivity contribution in [1.29, 1.82) is 0 Å². The molecule has 0 spiro atoms. The summed E-state index contributed by atoms with van der Waals surface area (Å²) in [5, 5.41) is 3.50. The number of rotatable bonds is 5. The van der Waals surface area contributed by atoms with Crippen LogP contribution < -0.4 is 5.32 Å². The molecule has 0 aliphatic carbocycles. The second-order valence-electron chi connectivity index (χ2n) is 4.82. The quantitative estimate of drug-likeness (QED) is 0.787. The minimum atomic E-state index is -0.143. The molecule has 0 saturated carbocycles. The van der Waals surface area contributed by atoms with Crippen LogP contribution in [0.5, 0.6) is 0 Å². The molecule has 3 aromatic rings. The lowest BCUT2D eigenvalue weighted by atomic mass is 10.2. The highest BCUT2D eigenvalue weighted by atomic mass is 32.1. The van der Waals surface area contributed by atoms with Crippen LogP contribution in [0, 0.1) is 0 Å². The van der Waals surface area contributed by atoms with Gasteiger partial charge in [0, 0.05) is 36.2 Å². The van der Waals surface area contributed by atoms with Crippen LogP contribution >= 0.6 is 11.3 Å². The molecule has 1 N–H and O–H groups in total. The van der Waals surface area contributed by atoms with Crippen LogP contribution in [0.25, 0.3) is 0 Å². The van der Waals surface area contributed by atoms with Crippen molar-refractivity contribution in [3.63, 3.8) is 0 Å². The number of aryl methyl sites for hydroxylation is 1. The van der Waals surface area contributed by atoms with Gasteiger partial charge in [-0.1, -0.05) is 6.92 Å². The Hall–Kier alpha value is -2.47. The monoisotopic (exact) mass is 312 g/mol. The van der Waals surface area contributed by atoms with Crippen LogP contribution in [0.15, 0.2) is 49.1 Å². The summed E-state index contributed by atoms with van der Waals surface area (Å²) in [6.45, 7) is 2.70. The Morgan fingerprint density at radius 2 is 2.14 bits per heavy atom. The number of hydrogen-bond donors (Lipinski definition) is 1. The van der Waals surface area contributed by atoms with Gasteiger partial charge in [-0.2, -0.15) is 0 Å². The number of thiazole rings is 1. The summed E-state index contributed by atoms with van der Waals surface area (Å²) >= 11 is 1.51. The van der Waals surface area contributed by atoms with Crippen LogP contribution in [0.1, 0.15) is 27.9 Å². The molecule has 3 heterocycles. The number of pyridine rings is 1. The fraction of sp³-hybridized carbons (Fsp3) is 0.188. The van der Waals surface area contributed by atoms with E-state index in [-0.39, 0.29) is 5.91 Å². The van der Waals surface area contributed by atoms with Gasteiger partial charge >= 0.3 is 0 Å². The standard InChI is InChI=1S/C16H16N4OS/c1-2-13-10-18-16(22-13)19-15(21)14-4-3-9-20(14)11-12-5-7-17-8-6-12/h3-10H,2,11H2,1H3,(H,18,19,21). The zero-order valence-corrected chi connectivity index (χ0v) is 13.0. The van der Waals surface area contributed by atoms with E-state index < -0.39 is 0 Å². The smallest absolute Gasteiger partial charge is 0.274 e. The molecule has 0 aromatic carbocycles. The molecule has 3 aromatic heterocycles. The molecule has 5 nitrogen and oxygen atoms in total. The molecule has 0 saturated heterocycles. The summed E-state index contributed by atoms with van der Waals surface area (Å²) in [6, 6.07) is 7.56. The highest BCUT2D eigenvalue weighted by Crippen LogP contribution is 2.19. The molecular formula is C16H16N4OS. The predicted octanol–water partition coefficient (Wildman–Crippen LogP) is 3.20. The summed E-state index contributed by atoms with van der Waals surface area (Å²) in [7, 11) is 0. The number of carbonyl (C=O) groups excluding carboxylic acids is 1. The molecule has 0 radical (unpaired) electrons. The van der Waals surface area contributed by atoms with Crippen LogP contribution in [0.4, 0.5) is 5.13 Å². The van der Waals surface area contributed by atoms with Crippen molar-refractivity contribution in [2.75, 3.05) is 5.32 Å². The Morgan fingerprint density at radius 1 is 1.32 bits per heavy atom. The van der Waals surface area contributed by atoms with E-state index in [1.165, 1.54) is 11.3 Å². The van der Waals surface area contributed by atoms with Crippen molar-refractivity contribution < 1.29 is 4.79 Å². The molecule has 3 rings (SSSR count). The van der Waals surface area contributed by atoms with E-state index in [0.717, 1.165) is 16.9 Å². The molecule has 1 amide bonds. The van der Waals surface area contributed by atoms with Gasteiger partial charge in [-0.3, -0.25) is 15.1 Å². The number of amides is 1. The molecule has 112 valence electrons. The first-order valence-electron chi connectivity index (χ1n) is 7.06. The van der Waals surface area contributed by atoms with E-state index >= 15 is 0 Å². The summed E-state index contributed by atoms with van der Waals surface area (Å²) in [6.07, 6.45) is 8.12. The summed E-state index contributed by atoms with van der Waals surface area (Å²) in [4.78, 5) is 21.8. The first-order valence-corrected chi connectivity index (χ1v) is 7.88. The van der Waals surface area contributed by atoms with Crippen molar-refractivity contribution in [3.8, 4) is 0 Å². The fourth-order valence-electron chi connectivity index (χ4n) is 2.13. The Labute approximate surface area is 132 Å². The van der Waals surface area contributed by atoms with E-state index in [4.69, 9.17) is 0 Å². The largest absolute Gasteiger partial charge is 0.339 e. The molecule has 0 bridgehead atoms. The SMILES string of the molecule is CCc1cnc(NC(=O)c2cccn2Cc2ccncc2)s1. The van der Waals surface area contributed by atoms with Crippen molar-refractivity contribution >= 4 is 22.4 Å². The minimum absolute atomic E-state index is 0.143. The van der Waals surface area contributed by atoms with E-state index in [1.807, 2.05) is 35.0 Å². The fourth-order valence-corrected chi connectivity index (χ4v) is 2.88. The van der Waals surface area contributed by atoms with Crippen LogP contribution in [-0.4, -0.2) is 20.4 Å². The third kappa shape index (κ3) is 3.23. The van der Waals surface area contributed by atoms with Gasteiger partial charge in [-0.25, -0.2) is 4.98 Å². The van der Waals surface area contributed by atoms with E-state index in [1.54, 1.807) is 18.6 Å². The summed E-state index contributed by atoms with van der Waals surface area (Å²) < 4.78 is 1.92. The topological polar surface area (TPSA) is 59.8 Å². The van der Waals surface area contributed by atoms with Crippen molar-refractivity contribution in [1.82, 2.24) is 14.5 Å².